The molecule has 1 N–H and O–H groups in total. The van der Waals surface area contributed by atoms with Gasteiger partial charge in [0.1, 0.15) is 12.0 Å². The molecule has 9 heteroatoms. The molecule has 1 aromatic carbocycles. The molecule has 8 nitrogen and oxygen atoms in total. The van der Waals surface area contributed by atoms with E-state index in [4.69, 9.17) is 9.26 Å². The minimum Gasteiger partial charge on any atom is -0.384 e. The zero-order valence-electron chi connectivity index (χ0n) is 14.4. The zero-order chi connectivity index (χ0) is 18.6. The normalized spacial score (nSPS) is 18.1. The van der Waals surface area contributed by atoms with Gasteiger partial charge in [-0.25, -0.2) is 8.42 Å². The van der Waals surface area contributed by atoms with Crippen LogP contribution >= 0.6 is 0 Å². The van der Waals surface area contributed by atoms with Crippen LogP contribution in [0.5, 0.6) is 0 Å². The van der Waals surface area contributed by atoms with Gasteiger partial charge in [0.15, 0.2) is 0 Å². The van der Waals surface area contributed by atoms with Gasteiger partial charge in [0.05, 0.1) is 18.0 Å². The summed E-state index contributed by atoms with van der Waals surface area (Å²) in [7, 11) is -2.02. The van der Waals surface area contributed by atoms with Crippen LogP contribution in [0.25, 0.3) is 0 Å². The molecule has 2 aromatic rings. The number of amides is 1. The first-order chi connectivity index (χ1) is 12.5. The Labute approximate surface area is 152 Å². The Kier molecular flexibility index (Phi) is 5.70. The highest BCUT2D eigenvalue weighted by atomic mass is 32.2. The summed E-state index contributed by atoms with van der Waals surface area (Å²) in [5.41, 5.74) is 0.866. The number of methoxy groups -OCH3 is 1. The monoisotopic (exact) mass is 379 g/mol. The second kappa shape index (κ2) is 7.98. The van der Waals surface area contributed by atoms with E-state index in [1.165, 1.54) is 22.7 Å². The topological polar surface area (TPSA) is 102 Å². The molecular weight excluding hydrogens is 358 g/mol. The van der Waals surface area contributed by atoms with E-state index in [1.807, 2.05) is 0 Å². The number of carbonyl (C=O) groups is 1. The van der Waals surface area contributed by atoms with Crippen molar-refractivity contribution in [3.8, 4) is 0 Å². The Morgan fingerprint density at radius 3 is 3.00 bits per heavy atom. The van der Waals surface area contributed by atoms with Crippen molar-refractivity contribution >= 4 is 15.9 Å². The van der Waals surface area contributed by atoms with Crippen molar-refractivity contribution < 1.29 is 22.5 Å². The third kappa shape index (κ3) is 4.12. The fraction of sp³-hybridized carbons (Fsp3) is 0.412. The third-order valence-corrected chi connectivity index (χ3v) is 6.17. The molecule has 3 rings (SSSR count). The summed E-state index contributed by atoms with van der Waals surface area (Å²) in [6, 6.07) is 7.70. The summed E-state index contributed by atoms with van der Waals surface area (Å²) in [6.07, 6.45) is 2.19. The maximum absolute atomic E-state index is 12.8. The lowest BCUT2D eigenvalue weighted by Crippen LogP contribution is -2.30. The van der Waals surface area contributed by atoms with Crippen LogP contribution in [-0.4, -0.2) is 50.6 Å². The molecule has 0 bridgehead atoms. The van der Waals surface area contributed by atoms with Gasteiger partial charge in [-0.2, -0.15) is 4.31 Å². The summed E-state index contributed by atoms with van der Waals surface area (Å²) in [4.78, 5) is 12.4. The summed E-state index contributed by atoms with van der Waals surface area (Å²) in [6.45, 7) is 1.63. The molecule has 0 spiro atoms. The van der Waals surface area contributed by atoms with Gasteiger partial charge < -0.3 is 14.6 Å². The molecule has 1 aromatic heterocycles. The molecule has 1 aliphatic heterocycles. The number of hydrogen-bond donors (Lipinski definition) is 1. The fourth-order valence-corrected chi connectivity index (χ4v) is 4.51. The molecule has 0 saturated carbocycles. The van der Waals surface area contributed by atoms with Crippen molar-refractivity contribution in [3.05, 3.63) is 47.9 Å². The SMILES string of the molecule is COC[C@@H]1CCN(S(=O)(=O)c2cccc(C(=O)NCc3ccon3)c2)C1. The maximum atomic E-state index is 12.8. The molecule has 140 valence electrons. The number of rotatable bonds is 7. The van der Waals surface area contributed by atoms with E-state index in [2.05, 4.69) is 10.5 Å². The lowest BCUT2D eigenvalue weighted by molar-refractivity contribution is 0.0950. The van der Waals surface area contributed by atoms with E-state index in [-0.39, 0.29) is 28.8 Å². The highest BCUT2D eigenvalue weighted by Crippen LogP contribution is 2.25. The van der Waals surface area contributed by atoms with Crippen LogP contribution in [0.15, 0.2) is 46.0 Å². The zero-order valence-corrected chi connectivity index (χ0v) is 15.2. The van der Waals surface area contributed by atoms with Crippen molar-refractivity contribution in [2.75, 3.05) is 26.8 Å². The summed E-state index contributed by atoms with van der Waals surface area (Å²) < 4.78 is 36.9. The number of hydrogen-bond acceptors (Lipinski definition) is 6. The highest BCUT2D eigenvalue weighted by Gasteiger charge is 2.32. The highest BCUT2D eigenvalue weighted by molar-refractivity contribution is 7.89. The largest absolute Gasteiger partial charge is 0.384 e. The minimum atomic E-state index is -3.63. The van der Waals surface area contributed by atoms with E-state index in [1.54, 1.807) is 25.3 Å². The van der Waals surface area contributed by atoms with Gasteiger partial charge in [0.25, 0.3) is 5.91 Å². The Morgan fingerprint density at radius 2 is 2.27 bits per heavy atom. The van der Waals surface area contributed by atoms with Crippen molar-refractivity contribution in [1.29, 1.82) is 0 Å². The second-order valence-electron chi connectivity index (χ2n) is 6.17. The molecular formula is C17H21N3O5S. The van der Waals surface area contributed by atoms with E-state index >= 15 is 0 Å². The first kappa shape index (κ1) is 18.6. The quantitative estimate of drug-likeness (QED) is 0.777. The Balaban J connectivity index is 1.71. The molecule has 2 heterocycles. The molecule has 26 heavy (non-hydrogen) atoms. The smallest absolute Gasteiger partial charge is 0.251 e. The summed E-state index contributed by atoms with van der Waals surface area (Å²) in [5, 5.41) is 6.40. The minimum absolute atomic E-state index is 0.115. The van der Waals surface area contributed by atoms with Crippen LogP contribution in [-0.2, 0) is 21.3 Å². The number of carbonyl (C=O) groups excluding carboxylic acids is 1. The van der Waals surface area contributed by atoms with Crippen molar-refractivity contribution in [2.24, 2.45) is 5.92 Å². The number of benzene rings is 1. The lowest BCUT2D eigenvalue weighted by Gasteiger charge is -2.17. The molecule has 1 fully saturated rings. The van der Waals surface area contributed by atoms with Gasteiger partial charge in [-0.3, -0.25) is 4.79 Å². The first-order valence-electron chi connectivity index (χ1n) is 8.27. The third-order valence-electron chi connectivity index (χ3n) is 4.31. The average molecular weight is 379 g/mol. The molecule has 0 radical (unpaired) electrons. The maximum Gasteiger partial charge on any atom is 0.251 e. The summed E-state index contributed by atoms with van der Waals surface area (Å²) >= 11 is 0. The van der Waals surface area contributed by atoms with Gasteiger partial charge in [-0.05, 0) is 30.5 Å². The van der Waals surface area contributed by atoms with Crippen LogP contribution < -0.4 is 5.32 Å². The Morgan fingerprint density at radius 1 is 1.42 bits per heavy atom. The molecule has 1 atom stereocenters. The number of aromatic nitrogens is 1. The standard InChI is InChI=1S/C17H21N3O5S/c1-24-12-13-5-7-20(11-13)26(22,23)16-4-2-3-14(9-16)17(21)18-10-15-6-8-25-19-15/h2-4,6,8-9,13H,5,7,10-12H2,1H3,(H,18,21)/t13-/m1/s1. The van der Waals surface area contributed by atoms with Crippen LogP contribution in [0.2, 0.25) is 0 Å². The first-order valence-corrected chi connectivity index (χ1v) is 9.71. The van der Waals surface area contributed by atoms with E-state index < -0.39 is 10.0 Å². The van der Waals surface area contributed by atoms with Gasteiger partial charge in [0, 0.05) is 31.8 Å². The van der Waals surface area contributed by atoms with Gasteiger partial charge >= 0.3 is 0 Å². The fourth-order valence-electron chi connectivity index (χ4n) is 2.94. The number of ether oxygens (including phenoxy) is 1. The van der Waals surface area contributed by atoms with Crippen molar-refractivity contribution in [2.45, 2.75) is 17.9 Å². The van der Waals surface area contributed by atoms with E-state index in [9.17, 15) is 13.2 Å². The molecule has 1 aliphatic rings. The van der Waals surface area contributed by atoms with E-state index in [0.717, 1.165) is 6.42 Å². The number of nitrogens with one attached hydrogen (secondary N) is 1. The number of sulfonamides is 1. The van der Waals surface area contributed by atoms with Crippen LogP contribution in [0.1, 0.15) is 22.5 Å². The molecule has 0 aliphatic carbocycles. The van der Waals surface area contributed by atoms with Crippen LogP contribution in [0, 0.1) is 5.92 Å². The van der Waals surface area contributed by atoms with E-state index in [0.29, 0.717) is 25.4 Å². The predicted octanol–water partition coefficient (Wildman–Crippen LogP) is 1.26. The Bertz CT molecular complexity index is 851. The van der Waals surface area contributed by atoms with Gasteiger partial charge in [-0.15, -0.1) is 0 Å². The summed E-state index contributed by atoms with van der Waals surface area (Å²) in [5.74, 6) is -0.174. The average Bonchev–Trinajstić information content (AvgIpc) is 3.32. The number of nitrogens with zero attached hydrogens (tertiary/aromatic N) is 2. The molecule has 1 amide bonds. The predicted molar refractivity (Wildman–Crippen MR) is 92.9 cm³/mol. The lowest BCUT2D eigenvalue weighted by atomic mass is 10.1. The van der Waals surface area contributed by atoms with Crippen molar-refractivity contribution in [1.82, 2.24) is 14.8 Å². The second-order valence-corrected chi connectivity index (χ2v) is 8.11. The molecule has 1 saturated heterocycles. The van der Waals surface area contributed by atoms with Crippen LogP contribution in [0.3, 0.4) is 0 Å². The van der Waals surface area contributed by atoms with Crippen LogP contribution in [0.4, 0.5) is 0 Å². The van der Waals surface area contributed by atoms with Gasteiger partial charge in [0.2, 0.25) is 10.0 Å². The van der Waals surface area contributed by atoms with Gasteiger partial charge in [-0.1, -0.05) is 11.2 Å². The van der Waals surface area contributed by atoms with Crippen molar-refractivity contribution in [3.63, 3.8) is 0 Å². The molecule has 0 unspecified atom stereocenters. The Hall–Kier alpha value is -2.23.